The maximum Gasteiger partial charge on any atom is 0.166 e. The number of rotatable bonds is 4. The molecule has 1 heterocycles. The number of nitrogens with zero attached hydrogens (tertiary/aromatic N) is 2. The van der Waals surface area contributed by atoms with Crippen LogP contribution < -0.4 is 10.6 Å². The molecule has 0 radical (unpaired) electrons. The third-order valence-electron chi connectivity index (χ3n) is 2.86. The van der Waals surface area contributed by atoms with E-state index in [4.69, 9.17) is 12.2 Å². The van der Waals surface area contributed by atoms with Crippen molar-refractivity contribution < 1.29 is 0 Å². The summed E-state index contributed by atoms with van der Waals surface area (Å²) in [6, 6.07) is 0.574. The van der Waals surface area contributed by atoms with Crippen LogP contribution >= 0.6 is 12.2 Å². The molecule has 2 atom stereocenters. The minimum atomic E-state index is 0.174. The smallest absolute Gasteiger partial charge is 0.166 e. The van der Waals surface area contributed by atoms with E-state index in [0.717, 1.165) is 12.1 Å². The first-order valence-corrected chi connectivity index (χ1v) is 6.42. The molecule has 17 heavy (non-hydrogen) atoms. The number of thiocarbonyl (C=S) groups is 1. The van der Waals surface area contributed by atoms with E-state index in [1.807, 2.05) is 24.9 Å². The van der Waals surface area contributed by atoms with Crippen molar-refractivity contribution in [3.63, 3.8) is 0 Å². The van der Waals surface area contributed by atoms with Gasteiger partial charge in [-0.25, -0.2) is 0 Å². The Hall–Kier alpha value is -1.10. The summed E-state index contributed by atoms with van der Waals surface area (Å²) in [7, 11) is 1.93. The fourth-order valence-electron chi connectivity index (χ4n) is 1.68. The summed E-state index contributed by atoms with van der Waals surface area (Å²) in [6.07, 6.45) is 3.08. The van der Waals surface area contributed by atoms with Gasteiger partial charge in [0.15, 0.2) is 5.11 Å². The second-order valence-corrected chi connectivity index (χ2v) is 4.90. The quantitative estimate of drug-likeness (QED) is 0.807. The summed E-state index contributed by atoms with van der Waals surface area (Å²) in [4.78, 5) is 0. The normalized spacial score (nSPS) is 14.2. The summed E-state index contributed by atoms with van der Waals surface area (Å²) in [5, 5.41) is 11.6. The van der Waals surface area contributed by atoms with Crippen LogP contribution in [-0.4, -0.2) is 20.9 Å². The van der Waals surface area contributed by atoms with Crippen LogP contribution in [0.2, 0.25) is 0 Å². The molecular formula is C12H22N4S. The molecule has 5 heteroatoms. The third kappa shape index (κ3) is 4.00. The Morgan fingerprint density at radius 2 is 2.12 bits per heavy atom. The zero-order valence-corrected chi connectivity index (χ0v) is 12.1. The monoisotopic (exact) mass is 254 g/mol. The summed E-state index contributed by atoms with van der Waals surface area (Å²) >= 11 is 5.27. The number of nitrogens with one attached hydrogen (secondary N) is 2. The lowest BCUT2D eigenvalue weighted by Gasteiger charge is -2.19. The van der Waals surface area contributed by atoms with Gasteiger partial charge >= 0.3 is 0 Å². The van der Waals surface area contributed by atoms with Gasteiger partial charge in [-0.15, -0.1) is 0 Å². The molecule has 0 aromatic carbocycles. The van der Waals surface area contributed by atoms with Crippen molar-refractivity contribution in [3.8, 4) is 0 Å². The van der Waals surface area contributed by atoms with Gasteiger partial charge in [0.1, 0.15) is 0 Å². The maximum absolute atomic E-state index is 5.27. The summed E-state index contributed by atoms with van der Waals surface area (Å²) in [5.41, 5.74) is 2.22. The molecule has 4 nitrogen and oxygen atoms in total. The molecule has 1 aromatic heterocycles. The summed E-state index contributed by atoms with van der Waals surface area (Å²) < 4.78 is 1.83. The van der Waals surface area contributed by atoms with Gasteiger partial charge in [0.05, 0.1) is 11.7 Å². The molecule has 1 aromatic rings. The molecule has 2 unspecified atom stereocenters. The highest BCUT2D eigenvalue weighted by atomic mass is 32.1. The van der Waals surface area contributed by atoms with Gasteiger partial charge in [0.2, 0.25) is 0 Å². The van der Waals surface area contributed by atoms with Crippen LogP contribution in [0.25, 0.3) is 0 Å². The van der Waals surface area contributed by atoms with E-state index in [2.05, 4.69) is 36.5 Å². The molecule has 96 valence electrons. The molecule has 0 bridgehead atoms. The lowest BCUT2D eigenvalue weighted by atomic mass is 10.1. The van der Waals surface area contributed by atoms with Crippen LogP contribution in [0, 0.1) is 6.92 Å². The first-order valence-electron chi connectivity index (χ1n) is 6.01. The van der Waals surface area contributed by atoms with Crippen molar-refractivity contribution in [2.24, 2.45) is 7.05 Å². The van der Waals surface area contributed by atoms with Gasteiger partial charge in [-0.1, -0.05) is 6.92 Å². The Bertz CT molecular complexity index is 386. The van der Waals surface area contributed by atoms with Gasteiger partial charge in [0, 0.05) is 24.8 Å². The van der Waals surface area contributed by atoms with Crippen molar-refractivity contribution in [1.29, 1.82) is 0 Å². The van der Waals surface area contributed by atoms with Gasteiger partial charge in [-0.05, 0) is 39.4 Å². The van der Waals surface area contributed by atoms with E-state index < -0.39 is 0 Å². The van der Waals surface area contributed by atoms with Crippen molar-refractivity contribution in [2.75, 3.05) is 0 Å². The number of hydrogen-bond donors (Lipinski definition) is 2. The van der Waals surface area contributed by atoms with Crippen LogP contribution in [0.3, 0.4) is 0 Å². The molecule has 0 aliphatic heterocycles. The fraction of sp³-hybridized carbons (Fsp3) is 0.667. The average molecular weight is 254 g/mol. The highest BCUT2D eigenvalue weighted by Gasteiger charge is 2.13. The Morgan fingerprint density at radius 1 is 1.47 bits per heavy atom. The number of aromatic nitrogens is 2. The van der Waals surface area contributed by atoms with Gasteiger partial charge in [-0.2, -0.15) is 5.10 Å². The minimum absolute atomic E-state index is 0.174. The van der Waals surface area contributed by atoms with Crippen LogP contribution in [0.15, 0.2) is 6.20 Å². The Labute approximate surface area is 109 Å². The van der Waals surface area contributed by atoms with Gasteiger partial charge in [0.25, 0.3) is 0 Å². The predicted molar refractivity (Wildman–Crippen MR) is 75.0 cm³/mol. The standard InChI is InChI=1S/C12H22N4S/c1-6-8(2)13-12(17)14-9(3)11-7-16(5)15-10(11)4/h7-9H,6H2,1-5H3,(H2,13,14,17). The summed E-state index contributed by atoms with van der Waals surface area (Å²) in [5.74, 6) is 0. The molecule has 0 spiro atoms. The Balaban J connectivity index is 2.57. The van der Waals surface area contributed by atoms with Crippen LogP contribution in [-0.2, 0) is 7.05 Å². The minimum Gasteiger partial charge on any atom is -0.360 e. The third-order valence-corrected chi connectivity index (χ3v) is 3.09. The zero-order valence-electron chi connectivity index (χ0n) is 11.2. The zero-order chi connectivity index (χ0) is 13.0. The van der Waals surface area contributed by atoms with Crippen molar-refractivity contribution in [1.82, 2.24) is 20.4 Å². The van der Waals surface area contributed by atoms with Crippen molar-refractivity contribution in [3.05, 3.63) is 17.5 Å². The molecule has 0 saturated heterocycles. The molecular weight excluding hydrogens is 232 g/mol. The van der Waals surface area contributed by atoms with E-state index in [1.54, 1.807) is 0 Å². The molecule has 0 saturated carbocycles. The van der Waals surface area contributed by atoms with E-state index in [-0.39, 0.29) is 6.04 Å². The van der Waals surface area contributed by atoms with Crippen LogP contribution in [0.5, 0.6) is 0 Å². The largest absolute Gasteiger partial charge is 0.360 e. The second kappa shape index (κ2) is 6.00. The Morgan fingerprint density at radius 3 is 2.59 bits per heavy atom. The maximum atomic E-state index is 5.27. The van der Waals surface area contributed by atoms with Crippen molar-refractivity contribution >= 4 is 17.3 Å². The topological polar surface area (TPSA) is 41.9 Å². The lowest BCUT2D eigenvalue weighted by molar-refractivity contribution is 0.614. The molecule has 1 rings (SSSR count). The fourth-order valence-corrected chi connectivity index (χ4v) is 2.06. The highest BCUT2D eigenvalue weighted by Crippen LogP contribution is 2.15. The first-order chi connectivity index (χ1) is 7.93. The molecule has 0 amide bonds. The SMILES string of the molecule is CCC(C)NC(=S)NC(C)c1cn(C)nc1C. The number of aryl methyl sites for hydroxylation is 2. The lowest BCUT2D eigenvalue weighted by Crippen LogP contribution is -2.41. The molecule has 2 N–H and O–H groups in total. The van der Waals surface area contributed by atoms with Gasteiger partial charge in [-0.3, -0.25) is 4.68 Å². The summed E-state index contributed by atoms with van der Waals surface area (Å²) in [6.45, 7) is 8.36. The average Bonchev–Trinajstić information content (AvgIpc) is 2.57. The molecule has 0 aliphatic carbocycles. The van der Waals surface area contributed by atoms with E-state index in [9.17, 15) is 0 Å². The van der Waals surface area contributed by atoms with E-state index >= 15 is 0 Å². The van der Waals surface area contributed by atoms with E-state index in [1.165, 1.54) is 5.56 Å². The van der Waals surface area contributed by atoms with Crippen LogP contribution in [0.4, 0.5) is 0 Å². The van der Waals surface area contributed by atoms with Gasteiger partial charge < -0.3 is 10.6 Å². The predicted octanol–water partition coefficient (Wildman–Crippen LogP) is 2.05. The van der Waals surface area contributed by atoms with Crippen molar-refractivity contribution in [2.45, 2.75) is 46.2 Å². The van der Waals surface area contributed by atoms with E-state index in [0.29, 0.717) is 11.2 Å². The molecule has 0 fully saturated rings. The molecule has 0 aliphatic rings. The van der Waals surface area contributed by atoms with Crippen LogP contribution in [0.1, 0.15) is 44.5 Å². The number of hydrogen-bond acceptors (Lipinski definition) is 2. The second-order valence-electron chi connectivity index (χ2n) is 4.49. The first kappa shape index (κ1) is 14.0. The Kier molecular flexibility index (Phi) is 4.93. The highest BCUT2D eigenvalue weighted by molar-refractivity contribution is 7.80.